The first-order chi connectivity index (χ1) is 14.5. The molecular formula is C23H30N6O. The van der Waals surface area contributed by atoms with E-state index in [4.69, 9.17) is 4.98 Å². The molecule has 1 N–H and O–H groups in total. The number of anilines is 3. The third-order valence-electron chi connectivity index (χ3n) is 7.07. The summed E-state index contributed by atoms with van der Waals surface area (Å²) in [5.41, 5.74) is 2.76. The zero-order valence-electron chi connectivity index (χ0n) is 17.9. The Morgan fingerprint density at radius 3 is 2.47 bits per heavy atom. The van der Waals surface area contributed by atoms with Gasteiger partial charge in [-0.05, 0) is 56.2 Å². The summed E-state index contributed by atoms with van der Waals surface area (Å²) in [7, 11) is 0. The number of aryl methyl sites for hydroxylation is 1. The van der Waals surface area contributed by atoms with E-state index in [-0.39, 0.29) is 5.91 Å². The molecule has 2 aliphatic heterocycles. The molecule has 158 valence electrons. The molecule has 1 spiro atoms. The number of hydrogen-bond acceptors (Lipinski definition) is 6. The van der Waals surface area contributed by atoms with E-state index in [2.05, 4.69) is 32.3 Å². The summed E-state index contributed by atoms with van der Waals surface area (Å²) in [6.07, 6.45) is 9.60. The minimum Gasteiger partial charge on any atom is -0.355 e. The van der Waals surface area contributed by atoms with Crippen LogP contribution >= 0.6 is 0 Å². The van der Waals surface area contributed by atoms with Gasteiger partial charge >= 0.3 is 0 Å². The van der Waals surface area contributed by atoms with Crippen molar-refractivity contribution in [2.75, 3.05) is 36.4 Å². The highest BCUT2D eigenvalue weighted by atomic mass is 16.2. The number of rotatable bonds is 4. The second-order valence-corrected chi connectivity index (χ2v) is 9.30. The highest BCUT2D eigenvalue weighted by molar-refractivity contribution is 5.73. The number of nitrogens with zero attached hydrogens (tertiary/aromatic N) is 5. The van der Waals surface area contributed by atoms with Crippen LogP contribution in [0.1, 0.15) is 56.2 Å². The second kappa shape index (κ2) is 7.52. The van der Waals surface area contributed by atoms with Crippen LogP contribution in [-0.4, -0.2) is 51.9 Å². The van der Waals surface area contributed by atoms with Crippen molar-refractivity contribution in [1.82, 2.24) is 19.9 Å². The zero-order chi connectivity index (χ0) is 20.7. The van der Waals surface area contributed by atoms with Crippen LogP contribution in [0.25, 0.3) is 0 Å². The lowest BCUT2D eigenvalue weighted by molar-refractivity contribution is -0.129. The number of nitrogens with one attached hydrogen (secondary N) is 1. The summed E-state index contributed by atoms with van der Waals surface area (Å²) in [4.78, 5) is 29.7. The predicted octanol–water partition coefficient (Wildman–Crippen LogP) is 3.64. The lowest BCUT2D eigenvalue weighted by Gasteiger charge is -2.56. The van der Waals surface area contributed by atoms with Crippen LogP contribution in [-0.2, 0) is 4.79 Å². The Balaban J connectivity index is 1.38. The Hall–Kier alpha value is -2.70. The minimum atomic E-state index is 0.176. The van der Waals surface area contributed by atoms with Crippen molar-refractivity contribution >= 4 is 23.4 Å². The minimum absolute atomic E-state index is 0.176. The van der Waals surface area contributed by atoms with Crippen molar-refractivity contribution in [3.05, 3.63) is 35.8 Å². The summed E-state index contributed by atoms with van der Waals surface area (Å²) in [5.74, 6) is 3.22. The van der Waals surface area contributed by atoms with Crippen molar-refractivity contribution in [1.29, 1.82) is 0 Å². The molecule has 3 fully saturated rings. The number of aromatic nitrogens is 3. The number of amides is 1. The third kappa shape index (κ3) is 3.73. The molecule has 0 aromatic carbocycles. The van der Waals surface area contributed by atoms with E-state index >= 15 is 0 Å². The van der Waals surface area contributed by atoms with Gasteiger partial charge in [-0.2, -0.15) is 0 Å². The van der Waals surface area contributed by atoms with E-state index < -0.39 is 0 Å². The van der Waals surface area contributed by atoms with Gasteiger partial charge < -0.3 is 15.1 Å². The Morgan fingerprint density at radius 1 is 1.10 bits per heavy atom. The number of pyridine rings is 1. The van der Waals surface area contributed by atoms with E-state index in [9.17, 15) is 4.79 Å². The summed E-state index contributed by atoms with van der Waals surface area (Å²) in [5, 5.41) is 3.35. The van der Waals surface area contributed by atoms with Crippen molar-refractivity contribution in [3.8, 4) is 0 Å². The molecule has 0 radical (unpaired) electrons. The Labute approximate surface area is 177 Å². The molecule has 7 nitrogen and oxygen atoms in total. The molecule has 0 atom stereocenters. The molecule has 2 aromatic heterocycles. The van der Waals surface area contributed by atoms with E-state index in [1.807, 2.05) is 11.8 Å². The Kier molecular flexibility index (Phi) is 4.83. The topological polar surface area (TPSA) is 74.2 Å². The van der Waals surface area contributed by atoms with Crippen LogP contribution in [0.5, 0.6) is 0 Å². The standard InChI is InChI=1S/C23H30N6O/c1-16-12-25-21(13-24-16)26-20-10-19(18-4-8-28(9-5-18)17(2)30)11-22(27-20)29-14-23(15-29)6-3-7-23/h10-13,18H,3-9,14-15H2,1-2H3,(H,25,26,27). The first-order valence-corrected chi connectivity index (χ1v) is 11.1. The van der Waals surface area contributed by atoms with E-state index in [1.165, 1.54) is 24.8 Å². The highest BCUT2D eigenvalue weighted by Gasteiger charge is 2.47. The summed E-state index contributed by atoms with van der Waals surface area (Å²) < 4.78 is 0. The second-order valence-electron chi connectivity index (χ2n) is 9.30. The molecule has 2 saturated heterocycles. The summed E-state index contributed by atoms with van der Waals surface area (Å²) in [6.45, 7) is 7.50. The van der Waals surface area contributed by atoms with Gasteiger partial charge in [0.05, 0.1) is 18.1 Å². The third-order valence-corrected chi connectivity index (χ3v) is 7.07. The molecule has 1 amide bonds. The number of likely N-dealkylation sites (tertiary alicyclic amines) is 1. The van der Waals surface area contributed by atoms with E-state index in [1.54, 1.807) is 19.3 Å². The van der Waals surface area contributed by atoms with Crippen LogP contribution in [0.15, 0.2) is 24.5 Å². The van der Waals surface area contributed by atoms with Gasteiger partial charge in [-0.15, -0.1) is 0 Å². The van der Waals surface area contributed by atoms with E-state index in [0.29, 0.717) is 17.2 Å². The van der Waals surface area contributed by atoms with E-state index in [0.717, 1.165) is 56.4 Å². The van der Waals surface area contributed by atoms with Gasteiger partial charge in [0.15, 0.2) is 0 Å². The van der Waals surface area contributed by atoms with Crippen molar-refractivity contribution in [2.24, 2.45) is 5.41 Å². The van der Waals surface area contributed by atoms with Gasteiger partial charge in [0.1, 0.15) is 17.5 Å². The lowest BCUT2D eigenvalue weighted by atomic mass is 9.63. The fraction of sp³-hybridized carbons (Fsp3) is 0.565. The number of hydrogen-bond donors (Lipinski definition) is 1. The Morgan fingerprint density at radius 2 is 1.87 bits per heavy atom. The molecule has 30 heavy (non-hydrogen) atoms. The maximum absolute atomic E-state index is 11.7. The maximum atomic E-state index is 11.7. The quantitative estimate of drug-likeness (QED) is 0.836. The average Bonchev–Trinajstić information content (AvgIpc) is 2.68. The fourth-order valence-corrected chi connectivity index (χ4v) is 5.03. The van der Waals surface area contributed by atoms with Crippen LogP contribution in [0.2, 0.25) is 0 Å². The summed E-state index contributed by atoms with van der Waals surface area (Å²) in [6, 6.07) is 4.42. The van der Waals surface area contributed by atoms with Crippen LogP contribution < -0.4 is 10.2 Å². The van der Waals surface area contributed by atoms with Crippen LogP contribution in [0.4, 0.5) is 17.5 Å². The molecule has 0 bridgehead atoms. The van der Waals surface area contributed by atoms with Gasteiger partial charge in [0.25, 0.3) is 0 Å². The monoisotopic (exact) mass is 406 g/mol. The van der Waals surface area contributed by atoms with Crippen molar-refractivity contribution in [3.63, 3.8) is 0 Å². The van der Waals surface area contributed by atoms with Gasteiger partial charge in [0, 0.05) is 38.5 Å². The lowest BCUT2D eigenvalue weighted by Crippen LogP contribution is -2.60. The molecule has 4 heterocycles. The fourth-order valence-electron chi connectivity index (χ4n) is 5.03. The number of carbonyl (C=O) groups is 1. The number of carbonyl (C=O) groups excluding carboxylic acids is 1. The van der Waals surface area contributed by atoms with Gasteiger partial charge in [-0.3, -0.25) is 9.78 Å². The van der Waals surface area contributed by atoms with Gasteiger partial charge in [-0.1, -0.05) is 6.42 Å². The highest BCUT2D eigenvalue weighted by Crippen LogP contribution is 2.49. The van der Waals surface area contributed by atoms with Crippen molar-refractivity contribution in [2.45, 2.75) is 51.9 Å². The first kappa shape index (κ1) is 19.3. The molecule has 1 saturated carbocycles. The molecule has 0 unspecified atom stereocenters. The smallest absolute Gasteiger partial charge is 0.219 e. The summed E-state index contributed by atoms with van der Waals surface area (Å²) >= 11 is 0. The van der Waals surface area contributed by atoms with Gasteiger partial charge in [-0.25, -0.2) is 9.97 Å². The van der Waals surface area contributed by atoms with Crippen LogP contribution in [0, 0.1) is 12.3 Å². The maximum Gasteiger partial charge on any atom is 0.219 e. The molecule has 7 heteroatoms. The predicted molar refractivity (Wildman–Crippen MR) is 117 cm³/mol. The Bertz CT molecular complexity index is 923. The molecule has 1 aliphatic carbocycles. The SMILES string of the molecule is CC(=O)N1CCC(c2cc(Nc3cnc(C)cn3)nc(N3CC4(CCC4)C3)c2)CC1. The molecule has 5 rings (SSSR count). The first-order valence-electron chi connectivity index (χ1n) is 11.1. The number of piperidine rings is 1. The van der Waals surface area contributed by atoms with Crippen LogP contribution in [0.3, 0.4) is 0 Å². The normalized spacial score (nSPS) is 20.6. The van der Waals surface area contributed by atoms with Crippen molar-refractivity contribution < 1.29 is 4.79 Å². The van der Waals surface area contributed by atoms with Gasteiger partial charge in [0.2, 0.25) is 5.91 Å². The molecule has 2 aromatic rings. The molecule has 3 aliphatic rings. The average molecular weight is 407 g/mol. The largest absolute Gasteiger partial charge is 0.355 e. The molecular weight excluding hydrogens is 376 g/mol. The zero-order valence-corrected chi connectivity index (χ0v) is 17.9.